The molecule has 0 aromatic heterocycles. The molecule has 1 unspecified atom stereocenters. The van der Waals surface area contributed by atoms with Crippen molar-refractivity contribution in [3.63, 3.8) is 0 Å². The molecule has 1 heterocycles. The fourth-order valence-corrected chi connectivity index (χ4v) is 1.34. The third-order valence-corrected chi connectivity index (χ3v) is 2.25. The number of hydrogen-bond acceptors (Lipinski definition) is 4. The standard InChI is InChI=1S/C10H17N3O3/c1-7(14)3-2-6-11-10(16)8-4-5-9(15)13-12-8/h7,14H,2-6H2,1H3,(H,11,16)(H,13,15). The van der Waals surface area contributed by atoms with Crippen molar-refractivity contribution < 1.29 is 14.7 Å². The zero-order valence-corrected chi connectivity index (χ0v) is 9.32. The van der Waals surface area contributed by atoms with E-state index in [0.717, 1.165) is 6.42 Å². The van der Waals surface area contributed by atoms with Gasteiger partial charge >= 0.3 is 0 Å². The molecule has 6 nitrogen and oxygen atoms in total. The van der Waals surface area contributed by atoms with Gasteiger partial charge in [0.15, 0.2) is 0 Å². The van der Waals surface area contributed by atoms with E-state index in [1.54, 1.807) is 6.92 Å². The van der Waals surface area contributed by atoms with Crippen LogP contribution in [0.3, 0.4) is 0 Å². The third-order valence-electron chi connectivity index (χ3n) is 2.25. The minimum Gasteiger partial charge on any atom is -0.393 e. The molecule has 1 atom stereocenters. The fourth-order valence-electron chi connectivity index (χ4n) is 1.34. The maximum Gasteiger partial charge on any atom is 0.267 e. The van der Waals surface area contributed by atoms with Crippen molar-refractivity contribution in [2.75, 3.05) is 6.54 Å². The Bertz CT molecular complexity index is 300. The van der Waals surface area contributed by atoms with Gasteiger partial charge in [-0.05, 0) is 19.8 Å². The van der Waals surface area contributed by atoms with Crippen LogP contribution in [0.25, 0.3) is 0 Å². The normalized spacial score (nSPS) is 17.4. The van der Waals surface area contributed by atoms with Crippen molar-refractivity contribution in [2.24, 2.45) is 5.10 Å². The second kappa shape index (κ2) is 6.22. The van der Waals surface area contributed by atoms with Crippen LogP contribution in [0.2, 0.25) is 0 Å². The summed E-state index contributed by atoms with van der Waals surface area (Å²) >= 11 is 0. The van der Waals surface area contributed by atoms with Crippen LogP contribution < -0.4 is 10.7 Å². The first-order chi connectivity index (χ1) is 7.59. The molecule has 0 saturated heterocycles. The minimum atomic E-state index is -0.344. The number of nitrogens with one attached hydrogen (secondary N) is 2. The van der Waals surface area contributed by atoms with Crippen molar-refractivity contribution >= 4 is 17.5 Å². The van der Waals surface area contributed by atoms with E-state index in [9.17, 15) is 9.59 Å². The van der Waals surface area contributed by atoms with Gasteiger partial charge in [-0.3, -0.25) is 9.59 Å². The first-order valence-corrected chi connectivity index (χ1v) is 5.41. The van der Waals surface area contributed by atoms with Gasteiger partial charge in [-0.1, -0.05) is 0 Å². The molecule has 0 fully saturated rings. The number of aliphatic hydroxyl groups is 1. The van der Waals surface area contributed by atoms with E-state index in [1.807, 2.05) is 0 Å². The number of aliphatic hydroxyl groups excluding tert-OH is 1. The topological polar surface area (TPSA) is 90.8 Å². The highest BCUT2D eigenvalue weighted by atomic mass is 16.3. The Morgan fingerprint density at radius 1 is 1.62 bits per heavy atom. The predicted octanol–water partition coefficient (Wildman–Crippen LogP) is -0.470. The van der Waals surface area contributed by atoms with E-state index in [4.69, 9.17) is 5.11 Å². The van der Waals surface area contributed by atoms with Crippen molar-refractivity contribution in [3.8, 4) is 0 Å². The molecule has 0 radical (unpaired) electrons. The van der Waals surface area contributed by atoms with E-state index in [1.165, 1.54) is 0 Å². The molecule has 1 aliphatic rings. The Balaban J connectivity index is 2.22. The number of carbonyl (C=O) groups is 2. The molecule has 3 N–H and O–H groups in total. The minimum absolute atomic E-state index is 0.161. The molecule has 1 rings (SSSR count). The summed E-state index contributed by atoms with van der Waals surface area (Å²) in [4.78, 5) is 22.3. The van der Waals surface area contributed by atoms with Crippen LogP contribution in [0.4, 0.5) is 0 Å². The summed E-state index contributed by atoms with van der Waals surface area (Å²) in [5.74, 6) is -0.406. The monoisotopic (exact) mass is 227 g/mol. The summed E-state index contributed by atoms with van der Waals surface area (Å²) in [7, 11) is 0. The Morgan fingerprint density at radius 2 is 2.38 bits per heavy atom. The Kier molecular flexibility index (Phi) is 4.91. The first-order valence-electron chi connectivity index (χ1n) is 5.41. The molecule has 0 spiro atoms. The molecule has 2 amide bonds. The van der Waals surface area contributed by atoms with E-state index in [-0.39, 0.29) is 17.9 Å². The quantitative estimate of drug-likeness (QED) is 0.554. The summed E-state index contributed by atoms with van der Waals surface area (Å²) in [6.07, 6.45) is 1.73. The van der Waals surface area contributed by atoms with Gasteiger partial charge < -0.3 is 10.4 Å². The maximum absolute atomic E-state index is 11.5. The van der Waals surface area contributed by atoms with Crippen LogP contribution in [0, 0.1) is 0 Å². The van der Waals surface area contributed by atoms with Crippen LogP contribution in [0.1, 0.15) is 32.6 Å². The lowest BCUT2D eigenvalue weighted by molar-refractivity contribution is -0.121. The lowest BCUT2D eigenvalue weighted by Gasteiger charge is -2.12. The van der Waals surface area contributed by atoms with E-state index < -0.39 is 0 Å². The average molecular weight is 227 g/mol. The number of nitrogens with zero attached hydrogens (tertiary/aromatic N) is 1. The van der Waals surface area contributed by atoms with Gasteiger partial charge in [0.1, 0.15) is 5.71 Å². The van der Waals surface area contributed by atoms with Crippen LogP contribution in [-0.2, 0) is 9.59 Å². The van der Waals surface area contributed by atoms with Crippen molar-refractivity contribution in [3.05, 3.63) is 0 Å². The Hall–Kier alpha value is -1.43. The second-order valence-electron chi connectivity index (χ2n) is 3.84. The predicted molar refractivity (Wildman–Crippen MR) is 58.7 cm³/mol. The smallest absolute Gasteiger partial charge is 0.267 e. The van der Waals surface area contributed by atoms with Crippen LogP contribution in [0.15, 0.2) is 5.10 Å². The van der Waals surface area contributed by atoms with E-state index in [0.29, 0.717) is 31.5 Å². The SMILES string of the molecule is CC(O)CCCNC(=O)C1=NNC(=O)CC1. The molecule has 90 valence electrons. The summed E-state index contributed by atoms with van der Waals surface area (Å²) in [5.41, 5.74) is 2.63. The van der Waals surface area contributed by atoms with Gasteiger partial charge in [-0.25, -0.2) is 5.43 Å². The molecular formula is C10H17N3O3. The van der Waals surface area contributed by atoms with Crippen molar-refractivity contribution in [2.45, 2.75) is 38.7 Å². The summed E-state index contributed by atoms with van der Waals surface area (Å²) in [5, 5.41) is 15.4. The van der Waals surface area contributed by atoms with Gasteiger partial charge in [0.05, 0.1) is 6.10 Å². The molecule has 1 aliphatic heterocycles. The van der Waals surface area contributed by atoms with E-state index in [2.05, 4.69) is 15.8 Å². The summed E-state index contributed by atoms with van der Waals surface area (Å²) < 4.78 is 0. The zero-order valence-electron chi connectivity index (χ0n) is 9.32. The van der Waals surface area contributed by atoms with Crippen LogP contribution in [0.5, 0.6) is 0 Å². The molecular weight excluding hydrogens is 210 g/mol. The molecule has 0 aliphatic carbocycles. The summed E-state index contributed by atoms with van der Waals surface area (Å²) in [6.45, 7) is 2.22. The second-order valence-corrected chi connectivity index (χ2v) is 3.84. The first kappa shape index (κ1) is 12.6. The van der Waals surface area contributed by atoms with Crippen molar-refractivity contribution in [1.29, 1.82) is 0 Å². The average Bonchev–Trinajstić information content (AvgIpc) is 2.25. The highest BCUT2D eigenvalue weighted by Gasteiger charge is 2.17. The Morgan fingerprint density at radius 3 is 2.94 bits per heavy atom. The molecule has 6 heteroatoms. The van der Waals surface area contributed by atoms with Gasteiger partial charge in [0, 0.05) is 19.4 Å². The Labute approximate surface area is 94.1 Å². The highest BCUT2D eigenvalue weighted by molar-refractivity contribution is 6.39. The lowest BCUT2D eigenvalue weighted by Crippen LogP contribution is -2.37. The lowest BCUT2D eigenvalue weighted by atomic mass is 10.1. The maximum atomic E-state index is 11.5. The van der Waals surface area contributed by atoms with Gasteiger partial charge in [-0.2, -0.15) is 5.10 Å². The number of hydrazone groups is 1. The third kappa shape index (κ3) is 4.39. The number of hydrogen-bond donors (Lipinski definition) is 3. The number of amides is 2. The fraction of sp³-hybridized carbons (Fsp3) is 0.700. The molecule has 0 bridgehead atoms. The van der Waals surface area contributed by atoms with Crippen molar-refractivity contribution in [1.82, 2.24) is 10.7 Å². The molecule has 16 heavy (non-hydrogen) atoms. The van der Waals surface area contributed by atoms with E-state index >= 15 is 0 Å². The van der Waals surface area contributed by atoms with Crippen LogP contribution >= 0.6 is 0 Å². The number of carbonyl (C=O) groups excluding carboxylic acids is 2. The van der Waals surface area contributed by atoms with Crippen LogP contribution in [-0.4, -0.2) is 35.3 Å². The molecule has 0 aromatic rings. The zero-order chi connectivity index (χ0) is 12.0. The highest BCUT2D eigenvalue weighted by Crippen LogP contribution is 2.00. The molecule has 0 aromatic carbocycles. The van der Waals surface area contributed by atoms with Gasteiger partial charge in [0.2, 0.25) is 5.91 Å². The largest absolute Gasteiger partial charge is 0.393 e. The summed E-state index contributed by atoms with van der Waals surface area (Å²) in [6, 6.07) is 0. The van der Waals surface area contributed by atoms with Gasteiger partial charge in [-0.15, -0.1) is 0 Å². The number of rotatable bonds is 5. The molecule has 0 saturated carbocycles. The van der Waals surface area contributed by atoms with Gasteiger partial charge in [0.25, 0.3) is 5.91 Å².